The van der Waals surface area contributed by atoms with Crippen molar-refractivity contribution in [2.24, 2.45) is 7.05 Å². The maximum absolute atomic E-state index is 11.9. The Morgan fingerprint density at radius 1 is 1.60 bits per heavy atom. The Labute approximate surface area is 115 Å². The number of nitrogens with zero attached hydrogens (tertiary/aromatic N) is 3. The summed E-state index contributed by atoms with van der Waals surface area (Å²) in [6.45, 7) is 0.485. The highest BCUT2D eigenvalue weighted by molar-refractivity contribution is 5.93. The molecule has 0 aliphatic carbocycles. The summed E-state index contributed by atoms with van der Waals surface area (Å²) in [7, 11) is 1.60. The number of H-pyrrole nitrogens is 1. The van der Waals surface area contributed by atoms with Crippen molar-refractivity contribution in [3.05, 3.63) is 46.3 Å². The lowest BCUT2D eigenvalue weighted by atomic mass is 10.3. The van der Waals surface area contributed by atoms with E-state index in [-0.39, 0.29) is 17.3 Å². The van der Waals surface area contributed by atoms with E-state index in [1.165, 1.54) is 16.8 Å². The summed E-state index contributed by atoms with van der Waals surface area (Å²) >= 11 is 0. The zero-order valence-electron chi connectivity index (χ0n) is 11.0. The van der Waals surface area contributed by atoms with E-state index in [4.69, 9.17) is 0 Å². The topological polar surface area (TPSA) is 106 Å². The molecule has 2 heterocycles. The summed E-state index contributed by atoms with van der Waals surface area (Å²) in [4.78, 5) is 29.1. The number of hydrogen-bond acceptors (Lipinski definition) is 4. The Morgan fingerprint density at radius 2 is 2.40 bits per heavy atom. The van der Waals surface area contributed by atoms with Gasteiger partial charge in [0.05, 0.1) is 11.1 Å². The SMILES string of the molecule is Cn1cc([N+](=O)[O-])cc1C(=O)NCCCc1ncc[nH]1. The molecule has 0 saturated heterocycles. The van der Waals surface area contributed by atoms with Crippen LogP contribution in [0.2, 0.25) is 0 Å². The van der Waals surface area contributed by atoms with Crippen LogP contribution in [0, 0.1) is 10.1 Å². The largest absolute Gasteiger partial charge is 0.351 e. The molecule has 0 bridgehead atoms. The van der Waals surface area contributed by atoms with Crippen molar-refractivity contribution in [3.63, 3.8) is 0 Å². The molecule has 2 N–H and O–H groups in total. The van der Waals surface area contributed by atoms with Crippen LogP contribution in [0.4, 0.5) is 5.69 Å². The molecule has 0 radical (unpaired) electrons. The van der Waals surface area contributed by atoms with Gasteiger partial charge in [0.1, 0.15) is 11.5 Å². The van der Waals surface area contributed by atoms with Gasteiger partial charge in [-0.15, -0.1) is 0 Å². The van der Waals surface area contributed by atoms with E-state index in [2.05, 4.69) is 15.3 Å². The molecule has 2 aromatic heterocycles. The first-order valence-corrected chi connectivity index (χ1v) is 6.15. The number of carbonyl (C=O) groups excluding carboxylic acids is 1. The molecule has 2 aromatic rings. The number of carbonyl (C=O) groups is 1. The maximum Gasteiger partial charge on any atom is 0.287 e. The number of aromatic amines is 1. The van der Waals surface area contributed by atoms with E-state index >= 15 is 0 Å². The summed E-state index contributed by atoms with van der Waals surface area (Å²) < 4.78 is 1.44. The minimum Gasteiger partial charge on any atom is -0.351 e. The highest BCUT2D eigenvalue weighted by Crippen LogP contribution is 2.14. The molecule has 0 spiro atoms. The first-order chi connectivity index (χ1) is 9.58. The minimum atomic E-state index is -0.520. The van der Waals surface area contributed by atoms with E-state index in [1.807, 2.05) is 0 Å². The minimum absolute atomic E-state index is 0.0896. The van der Waals surface area contributed by atoms with E-state index in [0.717, 1.165) is 18.7 Å². The molecule has 8 nitrogen and oxygen atoms in total. The number of amides is 1. The highest BCUT2D eigenvalue weighted by Gasteiger charge is 2.16. The van der Waals surface area contributed by atoms with E-state index < -0.39 is 4.92 Å². The zero-order valence-corrected chi connectivity index (χ0v) is 11.0. The van der Waals surface area contributed by atoms with Crippen molar-refractivity contribution < 1.29 is 9.72 Å². The van der Waals surface area contributed by atoms with Crippen LogP contribution in [-0.2, 0) is 13.5 Å². The van der Waals surface area contributed by atoms with E-state index in [0.29, 0.717) is 6.54 Å². The third-order valence-electron chi connectivity index (χ3n) is 2.86. The highest BCUT2D eigenvalue weighted by atomic mass is 16.6. The van der Waals surface area contributed by atoms with Gasteiger partial charge in [0, 0.05) is 38.5 Å². The number of aromatic nitrogens is 3. The molecule has 20 heavy (non-hydrogen) atoms. The van der Waals surface area contributed by atoms with Gasteiger partial charge in [-0.25, -0.2) is 4.98 Å². The van der Waals surface area contributed by atoms with Gasteiger partial charge >= 0.3 is 0 Å². The van der Waals surface area contributed by atoms with Gasteiger partial charge in [-0.1, -0.05) is 0 Å². The van der Waals surface area contributed by atoms with Crippen molar-refractivity contribution in [1.82, 2.24) is 19.9 Å². The van der Waals surface area contributed by atoms with Gasteiger partial charge in [-0.05, 0) is 6.42 Å². The number of aryl methyl sites for hydroxylation is 2. The second-order valence-electron chi connectivity index (χ2n) is 4.35. The monoisotopic (exact) mass is 277 g/mol. The molecule has 8 heteroatoms. The molecule has 0 saturated carbocycles. The number of nitrogens with one attached hydrogen (secondary N) is 2. The Hall–Kier alpha value is -2.64. The fourth-order valence-electron chi connectivity index (χ4n) is 1.86. The van der Waals surface area contributed by atoms with E-state index in [9.17, 15) is 14.9 Å². The van der Waals surface area contributed by atoms with Crippen LogP contribution in [0.25, 0.3) is 0 Å². The third-order valence-corrected chi connectivity index (χ3v) is 2.86. The standard InChI is InChI=1S/C12H15N5O3/c1-16-8-9(17(19)20)7-10(16)12(18)15-4-2-3-11-13-5-6-14-11/h5-8H,2-4H2,1H3,(H,13,14)(H,15,18). The Bertz CT molecular complexity index is 603. The summed E-state index contributed by atoms with van der Waals surface area (Å²) in [6.07, 6.45) is 6.22. The molecule has 0 aliphatic rings. The van der Waals surface area contributed by atoms with Crippen molar-refractivity contribution in [2.75, 3.05) is 6.54 Å². The van der Waals surface area contributed by atoms with Crippen molar-refractivity contribution in [1.29, 1.82) is 0 Å². The van der Waals surface area contributed by atoms with Crippen LogP contribution in [-0.4, -0.2) is 31.9 Å². The predicted molar refractivity (Wildman–Crippen MR) is 71.3 cm³/mol. The van der Waals surface area contributed by atoms with Gasteiger partial charge < -0.3 is 14.9 Å². The molecule has 0 unspecified atom stereocenters. The van der Waals surface area contributed by atoms with Crippen LogP contribution in [0.3, 0.4) is 0 Å². The zero-order chi connectivity index (χ0) is 14.5. The molecule has 0 atom stereocenters. The van der Waals surface area contributed by atoms with Crippen LogP contribution < -0.4 is 5.32 Å². The van der Waals surface area contributed by atoms with E-state index in [1.54, 1.807) is 19.4 Å². The summed E-state index contributed by atoms with van der Waals surface area (Å²) in [5.41, 5.74) is 0.183. The van der Waals surface area contributed by atoms with Gasteiger partial charge in [0.2, 0.25) is 0 Å². The lowest BCUT2D eigenvalue weighted by Gasteiger charge is -2.04. The molecule has 1 amide bonds. The summed E-state index contributed by atoms with van der Waals surface area (Å²) in [5, 5.41) is 13.4. The first kappa shape index (κ1) is 13.8. The molecule has 0 fully saturated rings. The Morgan fingerprint density at radius 3 is 3.00 bits per heavy atom. The molecule has 2 rings (SSSR count). The Kier molecular flexibility index (Phi) is 4.14. The van der Waals surface area contributed by atoms with Crippen LogP contribution in [0.5, 0.6) is 0 Å². The summed E-state index contributed by atoms with van der Waals surface area (Å²) in [6, 6.07) is 1.27. The number of rotatable bonds is 6. The molecular formula is C12H15N5O3. The average Bonchev–Trinajstić information content (AvgIpc) is 3.03. The van der Waals surface area contributed by atoms with Crippen LogP contribution >= 0.6 is 0 Å². The quantitative estimate of drug-likeness (QED) is 0.467. The van der Waals surface area contributed by atoms with Crippen molar-refractivity contribution in [2.45, 2.75) is 12.8 Å². The predicted octanol–water partition coefficient (Wildman–Crippen LogP) is 1.02. The van der Waals surface area contributed by atoms with Crippen LogP contribution in [0.15, 0.2) is 24.7 Å². The number of hydrogen-bond donors (Lipinski definition) is 2. The normalized spacial score (nSPS) is 10.4. The molecule has 0 aromatic carbocycles. The molecule has 106 valence electrons. The first-order valence-electron chi connectivity index (χ1n) is 6.15. The maximum atomic E-state index is 11.9. The van der Waals surface area contributed by atoms with Gasteiger partial charge in [-0.3, -0.25) is 14.9 Å². The van der Waals surface area contributed by atoms with Gasteiger partial charge in [-0.2, -0.15) is 0 Å². The second-order valence-corrected chi connectivity index (χ2v) is 4.35. The lowest BCUT2D eigenvalue weighted by molar-refractivity contribution is -0.384. The van der Waals surface area contributed by atoms with Gasteiger partial charge in [0.15, 0.2) is 0 Å². The van der Waals surface area contributed by atoms with Crippen molar-refractivity contribution >= 4 is 11.6 Å². The summed E-state index contributed by atoms with van der Waals surface area (Å²) in [5.74, 6) is 0.550. The van der Waals surface area contributed by atoms with Gasteiger partial charge in [0.25, 0.3) is 11.6 Å². The number of nitro groups is 1. The average molecular weight is 277 g/mol. The second kappa shape index (κ2) is 6.00. The van der Waals surface area contributed by atoms with Crippen LogP contribution in [0.1, 0.15) is 22.7 Å². The molecular weight excluding hydrogens is 262 g/mol. The fraction of sp³-hybridized carbons (Fsp3) is 0.333. The van der Waals surface area contributed by atoms with Crippen molar-refractivity contribution in [3.8, 4) is 0 Å². The molecule has 0 aliphatic heterocycles. The third kappa shape index (κ3) is 3.22. The fourth-order valence-corrected chi connectivity index (χ4v) is 1.86. The lowest BCUT2D eigenvalue weighted by Crippen LogP contribution is -2.26. The Balaban J connectivity index is 1.84. The number of imidazole rings is 1. The smallest absolute Gasteiger partial charge is 0.287 e.